The van der Waals surface area contributed by atoms with Crippen LogP contribution in [0.25, 0.3) is 11.0 Å². The van der Waals surface area contributed by atoms with E-state index in [1.54, 1.807) is 5.57 Å². The zero-order chi connectivity index (χ0) is 22.8. The number of piperidine rings is 3. The Morgan fingerprint density at radius 3 is 2.79 bits per heavy atom. The van der Waals surface area contributed by atoms with Crippen LogP contribution in [0.1, 0.15) is 68.1 Å². The Hall–Kier alpha value is -2.11. The minimum Gasteiger partial charge on any atom is -0.507 e. The van der Waals surface area contributed by atoms with Gasteiger partial charge in [-0.2, -0.15) is 0 Å². The molecule has 3 aliphatic heterocycles. The van der Waals surface area contributed by atoms with Crippen molar-refractivity contribution >= 4 is 11.0 Å². The molecule has 2 bridgehead atoms. The van der Waals surface area contributed by atoms with E-state index in [1.807, 2.05) is 12.1 Å². The van der Waals surface area contributed by atoms with Crippen molar-refractivity contribution in [2.24, 2.45) is 11.8 Å². The summed E-state index contributed by atoms with van der Waals surface area (Å²) in [7, 11) is 0. The van der Waals surface area contributed by atoms with Crippen molar-refractivity contribution in [3.05, 3.63) is 50.9 Å². The highest BCUT2D eigenvalue weighted by Crippen LogP contribution is 2.46. The number of likely N-dealkylation sites (tertiary alicyclic amines) is 1. The van der Waals surface area contributed by atoms with E-state index in [9.17, 15) is 9.90 Å². The third-order valence-electron chi connectivity index (χ3n) is 9.59. The lowest BCUT2D eigenvalue weighted by Crippen LogP contribution is -2.59. The molecule has 1 aromatic carbocycles. The molecule has 3 saturated heterocycles. The minimum absolute atomic E-state index is 0.197. The summed E-state index contributed by atoms with van der Waals surface area (Å²) in [4.78, 5) is 18.2. The molecule has 1 aromatic heterocycles. The van der Waals surface area contributed by atoms with E-state index < -0.39 is 0 Å². The number of aromatic hydroxyl groups is 1. The molecule has 0 amide bonds. The highest BCUT2D eigenvalue weighted by molar-refractivity contribution is 5.86. The minimum atomic E-state index is -0.197. The maximum atomic E-state index is 12.9. The Morgan fingerprint density at radius 1 is 1.00 bits per heavy atom. The molecule has 0 unspecified atom stereocenters. The van der Waals surface area contributed by atoms with Gasteiger partial charge in [-0.25, -0.2) is 4.79 Å². The van der Waals surface area contributed by atoms with Gasteiger partial charge in [-0.1, -0.05) is 18.1 Å². The van der Waals surface area contributed by atoms with Gasteiger partial charge in [-0.3, -0.25) is 9.80 Å². The monoisotopic (exact) mass is 460 g/mol. The lowest BCUT2D eigenvalue weighted by molar-refractivity contribution is -0.00274. The van der Waals surface area contributed by atoms with Crippen molar-refractivity contribution < 1.29 is 9.52 Å². The maximum Gasteiger partial charge on any atom is 0.339 e. The molecule has 0 spiro atoms. The Morgan fingerprint density at radius 2 is 1.88 bits per heavy atom. The molecule has 180 valence electrons. The molecule has 7 rings (SSSR count). The molecule has 1 N–H and O–H groups in total. The predicted molar refractivity (Wildman–Crippen MR) is 133 cm³/mol. The van der Waals surface area contributed by atoms with E-state index in [4.69, 9.17) is 4.42 Å². The van der Waals surface area contributed by atoms with Crippen molar-refractivity contribution in [2.45, 2.75) is 82.8 Å². The van der Waals surface area contributed by atoms with Crippen LogP contribution in [-0.2, 0) is 19.4 Å². The molecule has 3 fully saturated rings. The molecule has 2 aliphatic carbocycles. The highest BCUT2D eigenvalue weighted by atomic mass is 16.4. The van der Waals surface area contributed by atoms with Crippen LogP contribution in [0.2, 0.25) is 0 Å². The predicted octanol–water partition coefficient (Wildman–Crippen LogP) is 4.77. The third kappa shape index (κ3) is 3.30. The summed E-state index contributed by atoms with van der Waals surface area (Å²) < 4.78 is 5.94. The van der Waals surface area contributed by atoms with Gasteiger partial charge in [0.1, 0.15) is 11.3 Å². The van der Waals surface area contributed by atoms with Crippen molar-refractivity contribution in [3.8, 4) is 5.75 Å². The fourth-order valence-corrected chi connectivity index (χ4v) is 8.17. The highest BCUT2D eigenvalue weighted by Gasteiger charge is 2.46. The first kappa shape index (κ1) is 21.2. The lowest BCUT2D eigenvalue weighted by Gasteiger charge is -2.54. The van der Waals surface area contributed by atoms with Gasteiger partial charge in [0.05, 0.1) is 5.56 Å². The molecule has 5 aliphatic rings. The van der Waals surface area contributed by atoms with E-state index >= 15 is 0 Å². The number of rotatable bonds is 2. The van der Waals surface area contributed by atoms with Crippen LogP contribution >= 0.6 is 0 Å². The topological polar surface area (TPSA) is 56.9 Å². The van der Waals surface area contributed by atoms with Crippen LogP contribution in [0.3, 0.4) is 0 Å². The van der Waals surface area contributed by atoms with Crippen LogP contribution in [0.4, 0.5) is 0 Å². The third-order valence-corrected chi connectivity index (χ3v) is 9.59. The summed E-state index contributed by atoms with van der Waals surface area (Å²) in [6, 6.07) is 5.00. The smallest absolute Gasteiger partial charge is 0.339 e. The van der Waals surface area contributed by atoms with Gasteiger partial charge in [0, 0.05) is 36.1 Å². The van der Waals surface area contributed by atoms with Gasteiger partial charge in [0.2, 0.25) is 0 Å². The number of aryl methyl sites for hydroxylation is 1. The SMILES string of the molecule is O=c1oc2c(CN3CCCC4=C[C@H]5C[C@@H](CN6CCCC[C@H]56)[C@@H]43)c(O)ccc2c2c1CCCC2. The Balaban J connectivity index is 1.26. The van der Waals surface area contributed by atoms with Crippen LogP contribution in [0.15, 0.2) is 33.0 Å². The largest absolute Gasteiger partial charge is 0.507 e. The number of hydrogen-bond donors (Lipinski definition) is 1. The summed E-state index contributed by atoms with van der Waals surface area (Å²) in [5, 5.41) is 12.0. The number of nitrogens with zero attached hydrogens (tertiary/aromatic N) is 2. The fourth-order valence-electron chi connectivity index (χ4n) is 8.17. The second kappa shape index (κ2) is 8.23. The van der Waals surface area contributed by atoms with Gasteiger partial charge < -0.3 is 9.52 Å². The average molecular weight is 461 g/mol. The van der Waals surface area contributed by atoms with E-state index in [1.165, 1.54) is 51.6 Å². The zero-order valence-corrected chi connectivity index (χ0v) is 20.1. The Labute approximate surface area is 201 Å². The second-order valence-electron chi connectivity index (χ2n) is 11.5. The van der Waals surface area contributed by atoms with Crippen LogP contribution in [0, 0.1) is 11.8 Å². The van der Waals surface area contributed by atoms with E-state index in [0.29, 0.717) is 24.1 Å². The summed E-state index contributed by atoms with van der Waals surface area (Å²) in [5.74, 6) is 1.65. The summed E-state index contributed by atoms with van der Waals surface area (Å²) in [5.41, 5.74) is 4.87. The van der Waals surface area contributed by atoms with Gasteiger partial charge >= 0.3 is 5.63 Å². The van der Waals surface area contributed by atoms with Gasteiger partial charge in [-0.15, -0.1) is 0 Å². The molecule has 5 nitrogen and oxygen atoms in total. The van der Waals surface area contributed by atoms with Crippen molar-refractivity contribution in [1.29, 1.82) is 0 Å². The Kier molecular flexibility index (Phi) is 5.13. The molecule has 4 heterocycles. The number of hydrogen-bond acceptors (Lipinski definition) is 5. The number of fused-ring (bicyclic) bond motifs is 9. The quantitative estimate of drug-likeness (QED) is 0.517. The first-order chi connectivity index (χ1) is 16.7. The zero-order valence-electron chi connectivity index (χ0n) is 20.1. The van der Waals surface area contributed by atoms with E-state index in [-0.39, 0.29) is 11.4 Å². The molecular formula is C29H36N2O3. The van der Waals surface area contributed by atoms with Crippen molar-refractivity contribution in [1.82, 2.24) is 9.80 Å². The first-order valence-electron chi connectivity index (χ1n) is 13.7. The van der Waals surface area contributed by atoms with Crippen molar-refractivity contribution in [3.63, 3.8) is 0 Å². The number of phenolic OH excluding ortho intramolecular Hbond substituents is 1. The molecule has 0 saturated carbocycles. The van der Waals surface area contributed by atoms with Gasteiger partial charge in [-0.05, 0) is 100 Å². The fraction of sp³-hybridized carbons (Fsp3) is 0.621. The average Bonchev–Trinajstić information content (AvgIpc) is 2.86. The molecule has 4 atom stereocenters. The van der Waals surface area contributed by atoms with Crippen LogP contribution in [0.5, 0.6) is 5.75 Å². The first-order valence-corrected chi connectivity index (χ1v) is 13.7. The number of phenols is 1. The summed E-state index contributed by atoms with van der Waals surface area (Å²) in [6.07, 6.45) is 14.3. The maximum absolute atomic E-state index is 12.9. The van der Waals surface area contributed by atoms with Crippen molar-refractivity contribution in [2.75, 3.05) is 19.6 Å². The normalized spacial score (nSPS) is 31.5. The van der Waals surface area contributed by atoms with E-state index in [0.717, 1.165) is 66.3 Å². The second-order valence-corrected chi connectivity index (χ2v) is 11.5. The molecule has 2 aromatic rings. The lowest BCUT2D eigenvalue weighted by atomic mass is 9.68. The molecule has 34 heavy (non-hydrogen) atoms. The van der Waals surface area contributed by atoms with E-state index in [2.05, 4.69) is 15.9 Å². The van der Waals surface area contributed by atoms with Crippen LogP contribution < -0.4 is 5.63 Å². The molecule has 0 radical (unpaired) electrons. The molecule has 5 heteroatoms. The standard InChI is InChI=1S/C29H36N2O3/c32-26-11-10-22-21-7-1-2-8-23(21)29(33)34-28(22)24(26)17-31-13-5-6-18-14-19-15-20(27(18)31)16-30-12-4-3-9-25(19)30/h10-11,14,19-20,25,27,32H,1-9,12-13,15-17H2/t19-,20-,25+,27+/m0/s1. The summed E-state index contributed by atoms with van der Waals surface area (Å²) in [6.45, 7) is 4.16. The van der Waals surface area contributed by atoms with Gasteiger partial charge in [0.25, 0.3) is 0 Å². The number of benzene rings is 1. The van der Waals surface area contributed by atoms with Crippen LogP contribution in [-0.4, -0.2) is 46.6 Å². The van der Waals surface area contributed by atoms with Gasteiger partial charge in [0.15, 0.2) is 0 Å². The molecular weight excluding hydrogens is 424 g/mol. The Bertz CT molecular complexity index is 1210. The summed E-state index contributed by atoms with van der Waals surface area (Å²) >= 11 is 0.